The second kappa shape index (κ2) is 3.74. The van der Waals surface area contributed by atoms with Gasteiger partial charge in [0.1, 0.15) is 0 Å². The monoisotopic (exact) mass is 210 g/mol. The van der Waals surface area contributed by atoms with E-state index < -0.39 is 0 Å². The molecule has 3 aliphatic rings. The van der Waals surface area contributed by atoms with Crippen molar-refractivity contribution in [3.63, 3.8) is 0 Å². The van der Waals surface area contributed by atoms with Gasteiger partial charge in [-0.1, -0.05) is 6.42 Å². The highest BCUT2D eigenvalue weighted by atomic mass is 16.5. The normalized spacial score (nSPS) is 52.4. The van der Waals surface area contributed by atoms with Crippen molar-refractivity contribution >= 4 is 0 Å². The van der Waals surface area contributed by atoms with Gasteiger partial charge in [-0.05, 0) is 54.8 Å². The highest BCUT2D eigenvalue weighted by Gasteiger charge is 2.58. The fourth-order valence-corrected chi connectivity index (χ4v) is 5.07. The minimum absolute atomic E-state index is 0.387. The molecule has 0 spiro atoms. The van der Waals surface area contributed by atoms with Crippen molar-refractivity contribution in [2.45, 2.75) is 25.7 Å². The van der Waals surface area contributed by atoms with Crippen molar-refractivity contribution in [3.05, 3.63) is 0 Å². The molecule has 6 atom stereocenters. The van der Waals surface area contributed by atoms with Crippen molar-refractivity contribution in [3.8, 4) is 0 Å². The van der Waals surface area contributed by atoms with Crippen LogP contribution >= 0.6 is 0 Å². The number of methoxy groups -OCH3 is 1. The predicted molar refractivity (Wildman–Crippen MR) is 58.4 cm³/mol. The Labute approximate surface area is 92.0 Å². The first-order valence-electron chi connectivity index (χ1n) is 6.46. The average Bonchev–Trinajstić information content (AvgIpc) is 2.87. The maximum Gasteiger partial charge on any atom is 0.0496 e. The second-order valence-electron chi connectivity index (χ2n) is 5.79. The molecule has 3 aliphatic carbocycles. The zero-order valence-electron chi connectivity index (χ0n) is 9.56. The van der Waals surface area contributed by atoms with Crippen molar-refractivity contribution in [1.82, 2.24) is 0 Å². The van der Waals surface area contributed by atoms with E-state index in [2.05, 4.69) is 0 Å². The third-order valence-corrected chi connectivity index (χ3v) is 5.49. The summed E-state index contributed by atoms with van der Waals surface area (Å²) in [7, 11) is 1.80. The first kappa shape index (κ1) is 10.1. The van der Waals surface area contributed by atoms with Crippen LogP contribution in [0.25, 0.3) is 0 Å². The van der Waals surface area contributed by atoms with Gasteiger partial charge in [-0.15, -0.1) is 0 Å². The van der Waals surface area contributed by atoms with E-state index in [4.69, 9.17) is 4.74 Å². The zero-order chi connectivity index (χ0) is 10.4. The Morgan fingerprint density at radius 3 is 2.33 bits per heavy atom. The number of hydrogen-bond donors (Lipinski definition) is 1. The van der Waals surface area contributed by atoms with Gasteiger partial charge in [-0.2, -0.15) is 0 Å². The molecule has 86 valence electrons. The molecule has 0 heterocycles. The lowest BCUT2D eigenvalue weighted by atomic mass is 9.70. The molecular weight excluding hydrogens is 188 g/mol. The van der Waals surface area contributed by atoms with Crippen LogP contribution in [0.3, 0.4) is 0 Å². The van der Waals surface area contributed by atoms with E-state index in [1.807, 2.05) is 0 Å². The number of aliphatic hydroxyl groups excluding tert-OH is 1. The Balaban J connectivity index is 1.81. The van der Waals surface area contributed by atoms with Crippen molar-refractivity contribution in [2.24, 2.45) is 35.5 Å². The lowest BCUT2D eigenvalue weighted by Crippen LogP contribution is -2.36. The number of aliphatic hydroxyl groups is 1. The Morgan fingerprint density at radius 2 is 1.73 bits per heavy atom. The molecule has 0 aromatic heterocycles. The number of ether oxygens (including phenoxy) is 1. The summed E-state index contributed by atoms with van der Waals surface area (Å²) in [5.41, 5.74) is 0. The maximum absolute atomic E-state index is 9.55. The molecule has 3 fully saturated rings. The Kier molecular flexibility index (Phi) is 2.52. The van der Waals surface area contributed by atoms with E-state index in [1.54, 1.807) is 7.11 Å². The van der Waals surface area contributed by atoms with Crippen LogP contribution in [0.4, 0.5) is 0 Å². The van der Waals surface area contributed by atoms with Gasteiger partial charge < -0.3 is 9.84 Å². The van der Waals surface area contributed by atoms with Gasteiger partial charge in [0.05, 0.1) is 0 Å². The predicted octanol–water partition coefficient (Wildman–Crippen LogP) is 1.92. The minimum atomic E-state index is 0.387. The van der Waals surface area contributed by atoms with Crippen LogP contribution in [0.15, 0.2) is 0 Å². The van der Waals surface area contributed by atoms with Crippen LogP contribution in [-0.2, 0) is 4.74 Å². The molecule has 15 heavy (non-hydrogen) atoms. The summed E-state index contributed by atoms with van der Waals surface area (Å²) >= 11 is 0. The lowest BCUT2D eigenvalue weighted by Gasteiger charge is -2.37. The maximum atomic E-state index is 9.55. The summed E-state index contributed by atoms with van der Waals surface area (Å²) < 4.78 is 5.35. The van der Waals surface area contributed by atoms with Crippen LogP contribution in [0.2, 0.25) is 0 Å². The first-order valence-corrected chi connectivity index (χ1v) is 6.46. The van der Waals surface area contributed by atoms with Gasteiger partial charge in [-0.3, -0.25) is 0 Å². The average molecular weight is 210 g/mol. The molecule has 3 rings (SSSR count). The topological polar surface area (TPSA) is 29.5 Å². The van der Waals surface area contributed by atoms with Gasteiger partial charge in [0.2, 0.25) is 0 Å². The number of hydrogen-bond acceptors (Lipinski definition) is 2. The van der Waals surface area contributed by atoms with Gasteiger partial charge in [0.25, 0.3) is 0 Å². The fraction of sp³-hybridized carbons (Fsp3) is 1.00. The summed E-state index contributed by atoms with van der Waals surface area (Å²) in [6, 6.07) is 0. The Bertz CT molecular complexity index is 241. The Hall–Kier alpha value is -0.0800. The standard InChI is InChI=1S/C13H22O2/c1-15-7-13-11-5-10(12(13)6-14)8-3-2-4-9(8)11/h8-14H,2-7H2,1H3/t8?,9?,10-,11+,12?,13?/m1/s1. The van der Waals surface area contributed by atoms with Gasteiger partial charge >= 0.3 is 0 Å². The second-order valence-corrected chi connectivity index (χ2v) is 5.79. The van der Waals surface area contributed by atoms with Crippen molar-refractivity contribution in [2.75, 3.05) is 20.3 Å². The van der Waals surface area contributed by atoms with Crippen LogP contribution in [0.1, 0.15) is 25.7 Å². The summed E-state index contributed by atoms with van der Waals surface area (Å²) in [4.78, 5) is 0. The molecule has 1 N–H and O–H groups in total. The molecule has 2 heteroatoms. The van der Waals surface area contributed by atoms with E-state index in [0.29, 0.717) is 18.4 Å². The quantitative estimate of drug-likeness (QED) is 0.771. The summed E-state index contributed by atoms with van der Waals surface area (Å²) in [6.07, 6.45) is 5.70. The molecule has 2 nitrogen and oxygen atoms in total. The van der Waals surface area contributed by atoms with Gasteiger partial charge in [0, 0.05) is 20.3 Å². The van der Waals surface area contributed by atoms with Crippen molar-refractivity contribution < 1.29 is 9.84 Å². The highest BCUT2D eigenvalue weighted by Crippen LogP contribution is 2.63. The molecule has 0 amide bonds. The largest absolute Gasteiger partial charge is 0.396 e. The molecule has 0 radical (unpaired) electrons. The molecule has 0 aromatic rings. The minimum Gasteiger partial charge on any atom is -0.396 e. The molecule has 2 bridgehead atoms. The molecule has 4 unspecified atom stereocenters. The van der Waals surface area contributed by atoms with Crippen LogP contribution in [-0.4, -0.2) is 25.4 Å². The van der Waals surface area contributed by atoms with Crippen LogP contribution < -0.4 is 0 Å². The van der Waals surface area contributed by atoms with E-state index in [1.165, 1.54) is 25.7 Å². The molecule has 0 aliphatic heterocycles. The zero-order valence-corrected chi connectivity index (χ0v) is 9.56. The lowest BCUT2D eigenvalue weighted by molar-refractivity contribution is 0.0182. The van der Waals surface area contributed by atoms with Crippen LogP contribution in [0.5, 0.6) is 0 Å². The molecule has 3 saturated carbocycles. The molecule has 0 aromatic carbocycles. The van der Waals surface area contributed by atoms with E-state index in [9.17, 15) is 5.11 Å². The Morgan fingerprint density at radius 1 is 1.07 bits per heavy atom. The van der Waals surface area contributed by atoms with Gasteiger partial charge in [-0.25, -0.2) is 0 Å². The number of rotatable bonds is 3. The highest BCUT2D eigenvalue weighted by molar-refractivity contribution is 5.06. The summed E-state index contributed by atoms with van der Waals surface area (Å²) in [6.45, 7) is 1.26. The van der Waals surface area contributed by atoms with E-state index >= 15 is 0 Å². The molecular formula is C13H22O2. The van der Waals surface area contributed by atoms with E-state index in [0.717, 1.165) is 30.3 Å². The first-order chi connectivity index (χ1) is 7.36. The summed E-state index contributed by atoms with van der Waals surface area (Å²) in [5, 5.41) is 9.55. The van der Waals surface area contributed by atoms with Crippen molar-refractivity contribution in [1.29, 1.82) is 0 Å². The third kappa shape index (κ3) is 1.31. The van der Waals surface area contributed by atoms with E-state index in [-0.39, 0.29) is 0 Å². The van der Waals surface area contributed by atoms with Crippen LogP contribution in [0, 0.1) is 35.5 Å². The van der Waals surface area contributed by atoms with Gasteiger partial charge in [0.15, 0.2) is 0 Å². The SMILES string of the molecule is COCC1C(CO)[C@@H]2C[C@H]1C1CCCC12. The summed E-state index contributed by atoms with van der Waals surface area (Å²) in [5.74, 6) is 4.85. The fourth-order valence-electron chi connectivity index (χ4n) is 5.07. The molecule has 0 saturated heterocycles. The smallest absolute Gasteiger partial charge is 0.0496 e. The third-order valence-electron chi connectivity index (χ3n) is 5.49. The number of fused-ring (bicyclic) bond motifs is 5.